The van der Waals surface area contributed by atoms with Crippen molar-refractivity contribution < 1.29 is 4.92 Å². The van der Waals surface area contributed by atoms with Crippen LogP contribution in [0.3, 0.4) is 0 Å². The normalized spacial score (nSPS) is 9.40. The van der Waals surface area contributed by atoms with E-state index in [-0.39, 0.29) is 11.3 Å². The molecule has 0 bridgehead atoms. The van der Waals surface area contributed by atoms with Crippen LogP contribution in [0.2, 0.25) is 0 Å². The number of hydrogen-bond donors (Lipinski definition) is 1. The molecular weight excluding hydrogens is 196 g/mol. The summed E-state index contributed by atoms with van der Waals surface area (Å²) < 4.78 is 0. The summed E-state index contributed by atoms with van der Waals surface area (Å²) in [5.74, 6) is 0. The van der Waals surface area contributed by atoms with Gasteiger partial charge >= 0.3 is 0 Å². The smallest absolute Gasteiger partial charge is 0.270 e. The Bertz CT molecular complexity index is 425. The molecule has 6 nitrogen and oxygen atoms in total. The van der Waals surface area contributed by atoms with E-state index in [4.69, 9.17) is 5.26 Å². The number of nitriles is 1. The van der Waals surface area contributed by atoms with E-state index in [2.05, 4.69) is 5.43 Å². The van der Waals surface area contributed by atoms with Crippen LogP contribution >= 0.6 is 0 Å². The number of hydrogen-bond acceptors (Lipinski definition) is 5. The quantitative estimate of drug-likeness (QED) is 0.590. The largest absolute Gasteiger partial charge is 0.310 e. The van der Waals surface area contributed by atoms with Crippen LogP contribution in [-0.4, -0.2) is 19.0 Å². The highest BCUT2D eigenvalue weighted by Crippen LogP contribution is 2.22. The van der Waals surface area contributed by atoms with Gasteiger partial charge in [-0.05, 0) is 6.07 Å². The van der Waals surface area contributed by atoms with Crippen LogP contribution in [-0.2, 0) is 0 Å². The first-order valence-corrected chi connectivity index (χ1v) is 4.19. The SMILES string of the molecule is CNN(C)c1ccc([N+](=O)[O-])cc1C#N. The zero-order chi connectivity index (χ0) is 11.4. The van der Waals surface area contributed by atoms with Gasteiger partial charge < -0.3 is 5.01 Å². The number of hydrazine groups is 1. The third-order valence-corrected chi connectivity index (χ3v) is 2.01. The Kier molecular flexibility index (Phi) is 3.21. The lowest BCUT2D eigenvalue weighted by atomic mass is 10.1. The van der Waals surface area contributed by atoms with E-state index in [1.807, 2.05) is 6.07 Å². The van der Waals surface area contributed by atoms with Gasteiger partial charge in [-0.15, -0.1) is 0 Å². The van der Waals surface area contributed by atoms with Crippen LogP contribution in [0.1, 0.15) is 5.56 Å². The van der Waals surface area contributed by atoms with Crippen LogP contribution in [0.25, 0.3) is 0 Å². The molecule has 0 unspecified atom stereocenters. The first-order chi connectivity index (χ1) is 7.10. The minimum atomic E-state index is -0.524. The van der Waals surface area contributed by atoms with Crippen LogP contribution in [0.5, 0.6) is 0 Å². The van der Waals surface area contributed by atoms with E-state index in [0.717, 1.165) is 0 Å². The number of nitrogens with one attached hydrogen (secondary N) is 1. The maximum absolute atomic E-state index is 10.5. The Labute approximate surface area is 86.9 Å². The van der Waals surface area contributed by atoms with Gasteiger partial charge in [0.1, 0.15) is 6.07 Å². The summed E-state index contributed by atoms with van der Waals surface area (Å²) in [4.78, 5) is 9.96. The van der Waals surface area contributed by atoms with Crippen molar-refractivity contribution in [1.29, 1.82) is 5.26 Å². The van der Waals surface area contributed by atoms with Gasteiger partial charge in [0.05, 0.1) is 16.2 Å². The average molecular weight is 206 g/mol. The van der Waals surface area contributed by atoms with Crippen LogP contribution < -0.4 is 10.4 Å². The molecule has 15 heavy (non-hydrogen) atoms. The zero-order valence-electron chi connectivity index (χ0n) is 8.39. The second-order valence-electron chi connectivity index (χ2n) is 2.85. The molecule has 1 N–H and O–H groups in total. The molecule has 0 radical (unpaired) electrons. The molecule has 0 fully saturated rings. The van der Waals surface area contributed by atoms with Crippen molar-refractivity contribution in [2.45, 2.75) is 0 Å². The first kappa shape index (κ1) is 10.9. The van der Waals surface area contributed by atoms with Crippen molar-refractivity contribution in [3.8, 4) is 6.07 Å². The summed E-state index contributed by atoms with van der Waals surface area (Å²) in [5, 5.41) is 20.9. The van der Waals surface area contributed by atoms with Crippen molar-refractivity contribution in [3.63, 3.8) is 0 Å². The summed E-state index contributed by atoms with van der Waals surface area (Å²) in [7, 11) is 3.42. The molecule has 0 heterocycles. The lowest BCUT2D eigenvalue weighted by Gasteiger charge is -2.18. The highest BCUT2D eigenvalue weighted by atomic mass is 16.6. The number of nitrogens with zero attached hydrogens (tertiary/aromatic N) is 3. The molecule has 0 aliphatic carbocycles. The number of benzene rings is 1. The summed E-state index contributed by atoms with van der Waals surface area (Å²) in [6, 6.07) is 6.07. The number of nitro benzene ring substituents is 1. The number of nitro groups is 1. The molecule has 1 aromatic carbocycles. The fourth-order valence-corrected chi connectivity index (χ4v) is 1.14. The van der Waals surface area contributed by atoms with Crippen molar-refractivity contribution in [3.05, 3.63) is 33.9 Å². The molecule has 0 aliphatic rings. The topological polar surface area (TPSA) is 82.2 Å². The van der Waals surface area contributed by atoms with Crippen LogP contribution in [0, 0.1) is 21.4 Å². The van der Waals surface area contributed by atoms with E-state index in [9.17, 15) is 10.1 Å². The van der Waals surface area contributed by atoms with Crippen molar-refractivity contribution in [2.24, 2.45) is 0 Å². The molecular formula is C9H10N4O2. The Hall–Kier alpha value is -2.13. The zero-order valence-corrected chi connectivity index (χ0v) is 8.39. The maximum Gasteiger partial charge on any atom is 0.270 e. The maximum atomic E-state index is 10.5. The molecule has 0 amide bonds. The lowest BCUT2D eigenvalue weighted by molar-refractivity contribution is -0.384. The Morgan fingerprint density at radius 2 is 2.27 bits per heavy atom. The first-order valence-electron chi connectivity index (χ1n) is 4.19. The van der Waals surface area contributed by atoms with Gasteiger partial charge in [-0.1, -0.05) is 0 Å². The summed E-state index contributed by atoms with van der Waals surface area (Å²) in [6.45, 7) is 0. The van der Waals surface area contributed by atoms with Gasteiger partial charge in [0.25, 0.3) is 5.69 Å². The number of anilines is 1. The standard InChI is InChI=1S/C9H10N4O2/c1-11-12(2)9-4-3-8(13(14)15)5-7(9)6-10/h3-5,11H,1-2H3. The predicted octanol–water partition coefficient (Wildman–Crippen LogP) is 1.04. The molecule has 1 rings (SSSR count). The summed E-state index contributed by atoms with van der Waals surface area (Å²) in [5.41, 5.74) is 3.60. The predicted molar refractivity (Wildman–Crippen MR) is 55.3 cm³/mol. The van der Waals surface area contributed by atoms with E-state index in [1.54, 1.807) is 19.1 Å². The van der Waals surface area contributed by atoms with Gasteiger partial charge in [0.2, 0.25) is 0 Å². The van der Waals surface area contributed by atoms with Crippen molar-refractivity contribution in [1.82, 2.24) is 5.43 Å². The van der Waals surface area contributed by atoms with E-state index in [1.165, 1.54) is 18.2 Å². The highest BCUT2D eigenvalue weighted by molar-refractivity contribution is 5.61. The van der Waals surface area contributed by atoms with Gasteiger partial charge in [-0.3, -0.25) is 10.1 Å². The van der Waals surface area contributed by atoms with Gasteiger partial charge in [0.15, 0.2) is 0 Å². The molecule has 0 spiro atoms. The Morgan fingerprint density at radius 3 is 2.73 bits per heavy atom. The fraction of sp³-hybridized carbons (Fsp3) is 0.222. The third kappa shape index (κ3) is 2.21. The molecule has 0 aromatic heterocycles. The minimum absolute atomic E-state index is 0.0835. The van der Waals surface area contributed by atoms with E-state index >= 15 is 0 Å². The molecule has 0 atom stereocenters. The number of rotatable bonds is 3. The average Bonchev–Trinajstić information content (AvgIpc) is 2.27. The van der Waals surface area contributed by atoms with Gasteiger partial charge in [-0.2, -0.15) is 5.26 Å². The molecule has 78 valence electrons. The third-order valence-electron chi connectivity index (χ3n) is 2.01. The molecule has 0 saturated heterocycles. The fourth-order valence-electron chi connectivity index (χ4n) is 1.14. The second-order valence-corrected chi connectivity index (χ2v) is 2.85. The van der Waals surface area contributed by atoms with Crippen molar-refractivity contribution >= 4 is 11.4 Å². The van der Waals surface area contributed by atoms with E-state index in [0.29, 0.717) is 5.69 Å². The van der Waals surface area contributed by atoms with Crippen LogP contribution in [0.4, 0.5) is 11.4 Å². The summed E-state index contributed by atoms with van der Waals surface area (Å²) >= 11 is 0. The minimum Gasteiger partial charge on any atom is -0.310 e. The monoisotopic (exact) mass is 206 g/mol. The molecule has 1 aromatic rings. The van der Waals surface area contributed by atoms with Gasteiger partial charge in [0, 0.05) is 26.2 Å². The van der Waals surface area contributed by atoms with Crippen molar-refractivity contribution in [2.75, 3.05) is 19.1 Å². The Balaban J connectivity index is 3.22. The number of non-ortho nitro benzene ring substituents is 1. The summed E-state index contributed by atoms with van der Waals surface area (Å²) in [6.07, 6.45) is 0. The Morgan fingerprint density at radius 1 is 1.60 bits per heavy atom. The van der Waals surface area contributed by atoms with Crippen LogP contribution in [0.15, 0.2) is 18.2 Å². The molecule has 6 heteroatoms. The molecule has 0 aliphatic heterocycles. The van der Waals surface area contributed by atoms with Gasteiger partial charge in [-0.25, -0.2) is 5.43 Å². The molecule has 0 saturated carbocycles. The lowest BCUT2D eigenvalue weighted by Crippen LogP contribution is -2.30. The highest BCUT2D eigenvalue weighted by Gasteiger charge is 2.12. The van der Waals surface area contributed by atoms with E-state index < -0.39 is 4.92 Å². The second kappa shape index (κ2) is 4.39.